The van der Waals surface area contributed by atoms with Crippen LogP contribution in [-0.2, 0) is 6.54 Å². The second-order valence-corrected chi connectivity index (χ2v) is 6.91. The van der Waals surface area contributed by atoms with Crippen LogP contribution in [0.3, 0.4) is 0 Å². The molecule has 6 nitrogen and oxygen atoms in total. The van der Waals surface area contributed by atoms with E-state index in [0.717, 1.165) is 30.8 Å². The summed E-state index contributed by atoms with van der Waals surface area (Å²) in [5.41, 5.74) is 1.31. The molecule has 2 aromatic rings. The number of hydrogen-bond acceptors (Lipinski definition) is 4. The maximum absolute atomic E-state index is 13.0. The highest BCUT2D eigenvalue weighted by atomic mass is 16.3. The topological polar surface area (TPSA) is 71.2 Å². The number of likely N-dealkylation sites (tertiary alicyclic amines) is 1. The average Bonchev–Trinajstić information content (AvgIpc) is 3.17. The van der Waals surface area contributed by atoms with E-state index in [1.807, 2.05) is 16.4 Å². The molecular weight excluding hydrogens is 304 g/mol. The lowest BCUT2D eigenvalue weighted by molar-refractivity contribution is 0.0723. The van der Waals surface area contributed by atoms with Crippen LogP contribution in [0.25, 0.3) is 0 Å². The Morgan fingerprint density at radius 1 is 1.42 bits per heavy atom. The third-order valence-electron chi connectivity index (χ3n) is 4.40. The van der Waals surface area contributed by atoms with Crippen molar-refractivity contribution >= 4 is 5.91 Å². The zero-order chi connectivity index (χ0) is 17.3. The Kier molecular flexibility index (Phi) is 4.55. The molecular formula is C18H24N4O2. The van der Waals surface area contributed by atoms with Gasteiger partial charge in [-0.2, -0.15) is 0 Å². The highest BCUT2D eigenvalue weighted by Gasteiger charge is 2.34. The van der Waals surface area contributed by atoms with Crippen molar-refractivity contribution in [2.24, 2.45) is 5.92 Å². The van der Waals surface area contributed by atoms with Gasteiger partial charge in [0.1, 0.15) is 12.1 Å². The number of carbonyl (C=O) groups is 1. The summed E-state index contributed by atoms with van der Waals surface area (Å²) in [6.45, 7) is 7.71. The Bertz CT molecular complexity index is 738. The van der Waals surface area contributed by atoms with Crippen LogP contribution in [0.2, 0.25) is 0 Å². The highest BCUT2D eigenvalue weighted by molar-refractivity contribution is 5.97. The second-order valence-electron chi connectivity index (χ2n) is 6.91. The van der Waals surface area contributed by atoms with Crippen molar-refractivity contribution in [1.82, 2.24) is 19.7 Å². The van der Waals surface area contributed by atoms with Gasteiger partial charge < -0.3 is 14.6 Å². The zero-order valence-corrected chi connectivity index (χ0v) is 14.4. The lowest BCUT2D eigenvalue weighted by atomic mass is 10.1. The number of aryl methyl sites for hydroxylation is 1. The third-order valence-corrected chi connectivity index (χ3v) is 4.40. The SMILES string of the molecule is Cc1ccc(O)c(C(=O)N2CCCC2c2nncn2CC(C)C)c1. The Morgan fingerprint density at radius 2 is 2.21 bits per heavy atom. The number of aromatic hydroxyl groups is 1. The molecule has 1 saturated heterocycles. The fourth-order valence-corrected chi connectivity index (χ4v) is 3.31. The summed E-state index contributed by atoms with van der Waals surface area (Å²) in [6, 6.07) is 5.03. The van der Waals surface area contributed by atoms with Crippen molar-refractivity contribution in [3.05, 3.63) is 41.5 Å². The summed E-state index contributed by atoms with van der Waals surface area (Å²) in [4.78, 5) is 14.8. The van der Waals surface area contributed by atoms with Crippen LogP contribution in [0.5, 0.6) is 5.75 Å². The van der Waals surface area contributed by atoms with E-state index < -0.39 is 0 Å². The molecule has 24 heavy (non-hydrogen) atoms. The smallest absolute Gasteiger partial charge is 0.258 e. The summed E-state index contributed by atoms with van der Waals surface area (Å²) in [5, 5.41) is 18.4. The van der Waals surface area contributed by atoms with E-state index in [9.17, 15) is 9.90 Å². The molecule has 0 radical (unpaired) electrons. The molecule has 2 heterocycles. The number of nitrogens with zero attached hydrogens (tertiary/aromatic N) is 4. The van der Waals surface area contributed by atoms with Crippen LogP contribution in [0.15, 0.2) is 24.5 Å². The van der Waals surface area contributed by atoms with Gasteiger partial charge in [0, 0.05) is 13.1 Å². The molecule has 0 aliphatic carbocycles. The molecule has 1 aromatic carbocycles. The average molecular weight is 328 g/mol. The van der Waals surface area contributed by atoms with Gasteiger partial charge in [-0.05, 0) is 37.8 Å². The van der Waals surface area contributed by atoms with E-state index in [0.29, 0.717) is 18.0 Å². The lowest BCUT2D eigenvalue weighted by Gasteiger charge is -2.25. The molecule has 0 spiro atoms. The zero-order valence-electron chi connectivity index (χ0n) is 14.4. The summed E-state index contributed by atoms with van der Waals surface area (Å²) in [6.07, 6.45) is 3.53. The maximum atomic E-state index is 13.0. The Balaban J connectivity index is 1.90. The van der Waals surface area contributed by atoms with Gasteiger partial charge in [0.05, 0.1) is 11.6 Å². The van der Waals surface area contributed by atoms with Gasteiger partial charge in [-0.15, -0.1) is 10.2 Å². The molecule has 1 atom stereocenters. The number of phenolic OH excluding ortho intramolecular Hbond substituents is 1. The van der Waals surface area contributed by atoms with Crippen molar-refractivity contribution in [2.75, 3.05) is 6.54 Å². The molecule has 1 unspecified atom stereocenters. The fraction of sp³-hybridized carbons (Fsp3) is 0.500. The normalized spacial score (nSPS) is 17.7. The monoisotopic (exact) mass is 328 g/mol. The minimum atomic E-state index is -0.141. The van der Waals surface area contributed by atoms with E-state index in [2.05, 4.69) is 24.0 Å². The molecule has 0 bridgehead atoms. The molecule has 0 saturated carbocycles. The minimum Gasteiger partial charge on any atom is -0.507 e. The van der Waals surface area contributed by atoms with Gasteiger partial charge in [0.15, 0.2) is 5.82 Å². The van der Waals surface area contributed by atoms with E-state index in [4.69, 9.17) is 0 Å². The molecule has 128 valence electrons. The maximum Gasteiger partial charge on any atom is 0.258 e. The first-order chi connectivity index (χ1) is 11.5. The van der Waals surface area contributed by atoms with Crippen molar-refractivity contribution in [3.8, 4) is 5.75 Å². The van der Waals surface area contributed by atoms with Gasteiger partial charge >= 0.3 is 0 Å². The number of aromatic nitrogens is 3. The molecule has 3 rings (SSSR count). The van der Waals surface area contributed by atoms with Gasteiger partial charge in [-0.1, -0.05) is 25.5 Å². The molecule has 1 N–H and O–H groups in total. The van der Waals surface area contributed by atoms with Crippen molar-refractivity contribution in [2.45, 2.75) is 46.2 Å². The van der Waals surface area contributed by atoms with Crippen molar-refractivity contribution in [3.63, 3.8) is 0 Å². The number of carbonyl (C=O) groups excluding carboxylic acids is 1. The lowest BCUT2D eigenvalue weighted by Crippen LogP contribution is -2.32. The highest BCUT2D eigenvalue weighted by Crippen LogP contribution is 2.33. The standard InChI is InChI=1S/C18H24N4O2/c1-12(2)10-21-11-19-20-17(21)15-5-4-8-22(15)18(24)14-9-13(3)6-7-16(14)23/h6-7,9,11-12,15,23H,4-5,8,10H2,1-3H3. The summed E-state index contributed by atoms with van der Waals surface area (Å²) < 4.78 is 2.04. The van der Waals surface area contributed by atoms with E-state index in [1.54, 1.807) is 24.5 Å². The number of hydrogen-bond donors (Lipinski definition) is 1. The first-order valence-corrected chi connectivity index (χ1v) is 8.45. The predicted octanol–water partition coefficient (Wildman–Crippen LogP) is 2.93. The predicted molar refractivity (Wildman–Crippen MR) is 90.7 cm³/mol. The molecule has 1 fully saturated rings. The van der Waals surface area contributed by atoms with Gasteiger partial charge in [0.2, 0.25) is 0 Å². The van der Waals surface area contributed by atoms with Gasteiger partial charge in [0.25, 0.3) is 5.91 Å². The Labute approximate surface area is 142 Å². The summed E-state index contributed by atoms with van der Waals surface area (Å²) in [7, 11) is 0. The molecule has 1 aliphatic rings. The van der Waals surface area contributed by atoms with E-state index in [-0.39, 0.29) is 17.7 Å². The summed E-state index contributed by atoms with van der Waals surface area (Å²) in [5.74, 6) is 1.20. The second kappa shape index (κ2) is 6.63. The molecule has 6 heteroatoms. The number of rotatable bonds is 4. The molecule has 1 aliphatic heterocycles. The first kappa shape index (κ1) is 16.5. The van der Waals surface area contributed by atoms with Crippen LogP contribution in [0, 0.1) is 12.8 Å². The number of phenols is 1. The quantitative estimate of drug-likeness (QED) is 0.937. The number of amides is 1. The largest absolute Gasteiger partial charge is 0.507 e. The molecule has 1 amide bonds. The van der Waals surface area contributed by atoms with Crippen LogP contribution in [0.1, 0.15) is 54.5 Å². The van der Waals surface area contributed by atoms with Gasteiger partial charge in [-0.3, -0.25) is 4.79 Å². The minimum absolute atomic E-state index is 0.0277. The van der Waals surface area contributed by atoms with Crippen LogP contribution < -0.4 is 0 Å². The Hall–Kier alpha value is -2.37. The third kappa shape index (κ3) is 3.13. The van der Waals surface area contributed by atoms with Crippen molar-refractivity contribution in [1.29, 1.82) is 0 Å². The van der Waals surface area contributed by atoms with Crippen molar-refractivity contribution < 1.29 is 9.90 Å². The van der Waals surface area contributed by atoms with Gasteiger partial charge in [-0.25, -0.2) is 0 Å². The van der Waals surface area contributed by atoms with Crippen LogP contribution in [-0.4, -0.2) is 37.2 Å². The molecule has 1 aromatic heterocycles. The Morgan fingerprint density at radius 3 is 2.96 bits per heavy atom. The van der Waals surface area contributed by atoms with Crippen LogP contribution >= 0.6 is 0 Å². The summed E-state index contributed by atoms with van der Waals surface area (Å²) >= 11 is 0. The van der Waals surface area contributed by atoms with E-state index >= 15 is 0 Å². The first-order valence-electron chi connectivity index (χ1n) is 8.45. The number of benzene rings is 1. The van der Waals surface area contributed by atoms with E-state index in [1.165, 1.54) is 0 Å². The fourth-order valence-electron chi connectivity index (χ4n) is 3.31. The van der Waals surface area contributed by atoms with Crippen LogP contribution in [0.4, 0.5) is 0 Å².